The summed E-state index contributed by atoms with van der Waals surface area (Å²) in [6.07, 6.45) is 2.89. The molecule has 2 aliphatic carbocycles. The van der Waals surface area contributed by atoms with E-state index in [9.17, 15) is 14.7 Å². The first-order valence-electron chi connectivity index (χ1n) is 9.81. The molecule has 0 unspecified atom stereocenters. The van der Waals surface area contributed by atoms with Crippen molar-refractivity contribution in [3.63, 3.8) is 0 Å². The third kappa shape index (κ3) is 3.49. The Hall–Kier alpha value is -2.82. The molecule has 0 radical (unpaired) electrons. The molecule has 1 fully saturated rings. The predicted molar refractivity (Wildman–Crippen MR) is 106 cm³/mol. The summed E-state index contributed by atoms with van der Waals surface area (Å²) in [5.41, 5.74) is 4.59. The number of carboxylic acid groups (broad SMARTS) is 1. The van der Waals surface area contributed by atoms with Gasteiger partial charge in [-0.15, -0.1) is 0 Å². The van der Waals surface area contributed by atoms with E-state index < -0.39 is 18.1 Å². The van der Waals surface area contributed by atoms with Gasteiger partial charge in [0, 0.05) is 5.92 Å². The molecule has 1 saturated carbocycles. The molecule has 146 valence electrons. The number of ether oxygens (including phenoxy) is 1. The minimum Gasteiger partial charge on any atom is -0.480 e. The summed E-state index contributed by atoms with van der Waals surface area (Å²) in [6, 6.07) is 15.3. The van der Waals surface area contributed by atoms with Crippen molar-refractivity contribution in [2.75, 3.05) is 6.61 Å². The van der Waals surface area contributed by atoms with Crippen LogP contribution in [0.2, 0.25) is 0 Å². The second-order valence-corrected chi connectivity index (χ2v) is 8.23. The van der Waals surface area contributed by atoms with Gasteiger partial charge in [0.05, 0.1) is 0 Å². The molecule has 2 aromatic rings. The Morgan fingerprint density at radius 1 is 1.11 bits per heavy atom. The zero-order chi connectivity index (χ0) is 19.7. The summed E-state index contributed by atoms with van der Waals surface area (Å²) in [6.45, 7) is 2.26. The summed E-state index contributed by atoms with van der Waals surface area (Å²) in [7, 11) is 0. The van der Waals surface area contributed by atoms with Gasteiger partial charge in [-0.1, -0.05) is 61.9 Å². The highest BCUT2D eigenvalue weighted by Crippen LogP contribution is 2.45. The number of amides is 1. The van der Waals surface area contributed by atoms with Crippen LogP contribution < -0.4 is 5.32 Å². The fourth-order valence-corrected chi connectivity index (χ4v) is 4.46. The summed E-state index contributed by atoms with van der Waals surface area (Å²) in [5.74, 6) is -1.05. The number of hydrogen-bond acceptors (Lipinski definition) is 3. The molecule has 0 spiro atoms. The molecule has 0 saturated heterocycles. The standard InChI is InChI=1S/C23H25NO4/c1-23(11-6-12-23)13-20(21(25)26)24-22(27)28-14-19-17-9-4-2-7-15(17)16-8-3-5-10-18(16)19/h2-5,7-10,19-20H,6,11-14H2,1H3,(H,24,27)(H,25,26)/t20-/m0/s1. The lowest BCUT2D eigenvalue weighted by atomic mass is 9.67. The molecule has 28 heavy (non-hydrogen) atoms. The number of aliphatic carboxylic acids is 1. The number of nitrogens with one attached hydrogen (secondary N) is 1. The van der Waals surface area contributed by atoms with Crippen LogP contribution in [0.4, 0.5) is 4.79 Å². The Balaban J connectivity index is 1.42. The monoisotopic (exact) mass is 379 g/mol. The number of carbonyl (C=O) groups is 2. The Bertz CT molecular complexity index is 857. The van der Waals surface area contributed by atoms with Gasteiger partial charge >= 0.3 is 12.1 Å². The lowest BCUT2D eigenvalue weighted by Crippen LogP contribution is -2.45. The minimum absolute atomic E-state index is 0.000328. The van der Waals surface area contributed by atoms with Gasteiger partial charge in [0.25, 0.3) is 0 Å². The van der Waals surface area contributed by atoms with Gasteiger partial charge in [-0.05, 0) is 46.9 Å². The van der Waals surface area contributed by atoms with Crippen molar-refractivity contribution in [3.8, 4) is 11.1 Å². The van der Waals surface area contributed by atoms with Crippen LogP contribution in [-0.2, 0) is 9.53 Å². The van der Waals surface area contributed by atoms with Gasteiger partial charge in [0.15, 0.2) is 0 Å². The fraction of sp³-hybridized carbons (Fsp3) is 0.391. The van der Waals surface area contributed by atoms with Crippen molar-refractivity contribution in [1.29, 1.82) is 0 Å². The Morgan fingerprint density at radius 3 is 2.18 bits per heavy atom. The smallest absolute Gasteiger partial charge is 0.407 e. The van der Waals surface area contributed by atoms with E-state index in [2.05, 4.69) is 36.5 Å². The first-order valence-corrected chi connectivity index (χ1v) is 9.81. The maximum absolute atomic E-state index is 12.3. The SMILES string of the molecule is CC1(C[C@H](NC(=O)OCC2c3ccccc3-c3ccccc32)C(=O)O)CCC1. The molecule has 2 N–H and O–H groups in total. The van der Waals surface area contributed by atoms with Crippen LogP contribution in [0, 0.1) is 5.41 Å². The van der Waals surface area contributed by atoms with E-state index >= 15 is 0 Å². The minimum atomic E-state index is -1.01. The number of carbonyl (C=O) groups excluding carboxylic acids is 1. The summed E-state index contributed by atoms with van der Waals surface area (Å²) < 4.78 is 5.47. The second kappa shape index (κ2) is 7.30. The van der Waals surface area contributed by atoms with E-state index in [1.165, 1.54) is 0 Å². The van der Waals surface area contributed by atoms with Gasteiger partial charge in [0.2, 0.25) is 0 Å². The number of alkyl carbamates (subject to hydrolysis) is 1. The van der Waals surface area contributed by atoms with Crippen molar-refractivity contribution in [2.45, 2.75) is 44.6 Å². The van der Waals surface area contributed by atoms with Crippen LogP contribution in [0.25, 0.3) is 11.1 Å². The van der Waals surface area contributed by atoms with E-state index in [1.54, 1.807) is 0 Å². The summed E-state index contributed by atoms with van der Waals surface area (Å²) >= 11 is 0. The fourth-order valence-electron chi connectivity index (χ4n) is 4.46. The highest BCUT2D eigenvalue weighted by atomic mass is 16.5. The molecular formula is C23H25NO4. The number of carboxylic acids is 1. The molecule has 0 aliphatic heterocycles. The third-order valence-electron chi connectivity index (χ3n) is 6.19. The Labute approximate surface area is 164 Å². The first kappa shape index (κ1) is 18.5. The molecule has 1 atom stereocenters. The van der Waals surface area contributed by atoms with E-state index in [-0.39, 0.29) is 17.9 Å². The summed E-state index contributed by atoms with van der Waals surface area (Å²) in [5, 5.41) is 12.0. The zero-order valence-corrected chi connectivity index (χ0v) is 16.0. The van der Waals surface area contributed by atoms with Crippen molar-refractivity contribution in [1.82, 2.24) is 5.32 Å². The lowest BCUT2D eigenvalue weighted by Gasteiger charge is -2.40. The van der Waals surface area contributed by atoms with E-state index in [0.29, 0.717) is 6.42 Å². The van der Waals surface area contributed by atoms with Crippen LogP contribution in [0.3, 0.4) is 0 Å². The topological polar surface area (TPSA) is 75.6 Å². The number of fused-ring (bicyclic) bond motifs is 3. The van der Waals surface area contributed by atoms with Crippen molar-refractivity contribution >= 4 is 12.1 Å². The van der Waals surface area contributed by atoms with Gasteiger partial charge in [-0.2, -0.15) is 0 Å². The first-order chi connectivity index (χ1) is 13.5. The van der Waals surface area contributed by atoms with E-state index in [0.717, 1.165) is 41.5 Å². The number of benzene rings is 2. The second-order valence-electron chi connectivity index (χ2n) is 8.23. The van der Waals surface area contributed by atoms with Crippen LogP contribution in [0.5, 0.6) is 0 Å². The molecular weight excluding hydrogens is 354 g/mol. The highest BCUT2D eigenvalue weighted by molar-refractivity contribution is 5.81. The van der Waals surface area contributed by atoms with Gasteiger partial charge in [-0.3, -0.25) is 0 Å². The number of rotatable bonds is 6. The molecule has 1 amide bonds. The zero-order valence-electron chi connectivity index (χ0n) is 16.0. The Morgan fingerprint density at radius 2 is 1.68 bits per heavy atom. The Kier molecular flexibility index (Phi) is 4.84. The van der Waals surface area contributed by atoms with E-state index in [4.69, 9.17) is 4.74 Å². The number of hydrogen-bond donors (Lipinski definition) is 2. The van der Waals surface area contributed by atoms with Crippen molar-refractivity contribution in [3.05, 3.63) is 59.7 Å². The van der Waals surface area contributed by atoms with Crippen LogP contribution in [0.15, 0.2) is 48.5 Å². The van der Waals surface area contributed by atoms with Crippen LogP contribution in [-0.4, -0.2) is 29.8 Å². The average Bonchev–Trinajstić information content (AvgIpc) is 2.98. The maximum atomic E-state index is 12.3. The normalized spacial score (nSPS) is 17.8. The maximum Gasteiger partial charge on any atom is 0.407 e. The molecule has 5 nitrogen and oxygen atoms in total. The van der Waals surface area contributed by atoms with Crippen molar-refractivity contribution in [2.24, 2.45) is 5.41 Å². The predicted octanol–water partition coefficient (Wildman–Crippen LogP) is 4.56. The largest absolute Gasteiger partial charge is 0.480 e. The van der Waals surface area contributed by atoms with Crippen LogP contribution >= 0.6 is 0 Å². The quantitative estimate of drug-likeness (QED) is 0.771. The van der Waals surface area contributed by atoms with Gasteiger partial charge < -0.3 is 15.2 Å². The molecule has 4 rings (SSSR count). The lowest BCUT2D eigenvalue weighted by molar-refractivity contribution is -0.140. The van der Waals surface area contributed by atoms with Crippen LogP contribution in [0.1, 0.15) is 49.7 Å². The average molecular weight is 379 g/mol. The molecule has 5 heteroatoms. The molecule has 0 aromatic heterocycles. The van der Waals surface area contributed by atoms with Gasteiger partial charge in [0.1, 0.15) is 12.6 Å². The van der Waals surface area contributed by atoms with E-state index in [1.807, 2.05) is 24.3 Å². The third-order valence-corrected chi connectivity index (χ3v) is 6.19. The molecule has 0 heterocycles. The van der Waals surface area contributed by atoms with Gasteiger partial charge in [-0.25, -0.2) is 9.59 Å². The molecule has 2 aromatic carbocycles. The molecule has 0 bridgehead atoms. The molecule has 2 aliphatic rings. The van der Waals surface area contributed by atoms with Crippen molar-refractivity contribution < 1.29 is 19.4 Å². The highest BCUT2D eigenvalue weighted by Gasteiger charge is 2.37. The summed E-state index contributed by atoms with van der Waals surface area (Å²) in [4.78, 5) is 23.9.